The number of hydrogen-bond acceptors (Lipinski definition) is 6. The van der Waals surface area contributed by atoms with E-state index >= 15 is 0 Å². The number of aromatic nitrogens is 1. The molecule has 0 aliphatic rings. The van der Waals surface area contributed by atoms with Gasteiger partial charge in [-0.15, -0.1) is 0 Å². The van der Waals surface area contributed by atoms with Gasteiger partial charge < -0.3 is 9.47 Å². The topological polar surface area (TPSA) is 77.5 Å². The number of nitrogens with zero attached hydrogens (tertiary/aromatic N) is 1. The van der Waals surface area contributed by atoms with Crippen LogP contribution in [0.25, 0.3) is 0 Å². The first-order valence-electron chi connectivity index (χ1n) is 5.91. The normalized spacial score (nSPS) is 11.2. The van der Waals surface area contributed by atoms with Gasteiger partial charge in [0.1, 0.15) is 0 Å². The maximum atomic E-state index is 12.2. The summed E-state index contributed by atoms with van der Waals surface area (Å²) in [6, 6.07) is 4.77. The Morgan fingerprint density at radius 2 is 2.14 bits per heavy atom. The first-order valence-corrected chi connectivity index (χ1v) is 8.59. The van der Waals surface area contributed by atoms with E-state index in [0.29, 0.717) is 23.8 Å². The van der Waals surface area contributed by atoms with Crippen LogP contribution in [0.1, 0.15) is 6.92 Å². The zero-order chi connectivity index (χ0) is 15.5. The molecule has 2 aromatic rings. The van der Waals surface area contributed by atoms with Crippen LogP contribution in [0, 0.1) is 0 Å². The minimum absolute atomic E-state index is 0.0428. The van der Waals surface area contributed by atoms with Crippen molar-refractivity contribution in [2.24, 2.45) is 0 Å². The second-order valence-corrected chi connectivity index (χ2v) is 7.36. The largest absolute Gasteiger partial charge is 0.493 e. The summed E-state index contributed by atoms with van der Waals surface area (Å²) in [6.07, 6.45) is 1.21. The molecule has 1 heterocycles. The van der Waals surface area contributed by atoms with E-state index in [9.17, 15) is 8.42 Å². The number of benzene rings is 1. The summed E-state index contributed by atoms with van der Waals surface area (Å²) in [5, 5.41) is 0. The quantitative estimate of drug-likeness (QED) is 0.868. The first kappa shape index (κ1) is 15.9. The lowest BCUT2D eigenvalue weighted by Crippen LogP contribution is -2.11. The van der Waals surface area contributed by atoms with Crippen molar-refractivity contribution in [2.75, 3.05) is 18.4 Å². The minimum Gasteiger partial charge on any atom is -0.493 e. The lowest BCUT2D eigenvalue weighted by atomic mass is 10.3. The van der Waals surface area contributed by atoms with E-state index in [0.717, 1.165) is 11.3 Å². The third-order valence-corrected chi connectivity index (χ3v) is 5.39. The molecule has 0 aliphatic heterocycles. The Hall–Kier alpha value is -1.51. The molecule has 1 aromatic heterocycles. The third-order valence-electron chi connectivity index (χ3n) is 2.44. The number of methoxy groups -OCH3 is 1. The average Bonchev–Trinajstić information content (AvgIpc) is 2.87. The van der Waals surface area contributed by atoms with Crippen LogP contribution in [0.2, 0.25) is 4.47 Å². The van der Waals surface area contributed by atoms with Crippen molar-refractivity contribution in [1.29, 1.82) is 0 Å². The van der Waals surface area contributed by atoms with Gasteiger partial charge in [-0.05, 0) is 19.1 Å². The van der Waals surface area contributed by atoms with Crippen LogP contribution >= 0.6 is 22.9 Å². The highest BCUT2D eigenvalue weighted by molar-refractivity contribution is 7.94. The molecule has 6 nitrogen and oxygen atoms in total. The van der Waals surface area contributed by atoms with Crippen LogP contribution in [0.4, 0.5) is 5.69 Å². The zero-order valence-electron chi connectivity index (χ0n) is 11.3. The second kappa shape index (κ2) is 6.50. The Kier molecular flexibility index (Phi) is 4.92. The predicted octanol–water partition coefficient (Wildman–Crippen LogP) is 3.00. The summed E-state index contributed by atoms with van der Waals surface area (Å²) in [7, 11) is -2.20. The van der Waals surface area contributed by atoms with Gasteiger partial charge in [0.2, 0.25) is 0 Å². The Morgan fingerprint density at radius 3 is 2.71 bits per heavy atom. The summed E-state index contributed by atoms with van der Waals surface area (Å²) in [4.78, 5) is 3.72. The summed E-state index contributed by atoms with van der Waals surface area (Å²) < 4.78 is 37.5. The van der Waals surface area contributed by atoms with Gasteiger partial charge in [0.15, 0.2) is 20.2 Å². The fourth-order valence-corrected chi connectivity index (χ4v) is 3.92. The molecule has 1 aromatic carbocycles. The molecule has 9 heteroatoms. The van der Waals surface area contributed by atoms with E-state index in [4.69, 9.17) is 21.1 Å². The lowest BCUT2D eigenvalue weighted by Gasteiger charge is -2.12. The highest BCUT2D eigenvalue weighted by atomic mass is 35.5. The molecule has 0 saturated heterocycles. The van der Waals surface area contributed by atoms with Crippen molar-refractivity contribution in [3.8, 4) is 11.5 Å². The van der Waals surface area contributed by atoms with Gasteiger partial charge in [-0.25, -0.2) is 13.4 Å². The fourth-order valence-electron chi connectivity index (χ4n) is 1.58. The molecular weight excluding hydrogens is 336 g/mol. The molecule has 2 rings (SSSR count). The van der Waals surface area contributed by atoms with Crippen molar-refractivity contribution in [2.45, 2.75) is 11.1 Å². The van der Waals surface area contributed by atoms with Crippen molar-refractivity contribution in [1.82, 2.24) is 4.98 Å². The maximum absolute atomic E-state index is 12.2. The number of anilines is 1. The zero-order valence-corrected chi connectivity index (χ0v) is 13.7. The van der Waals surface area contributed by atoms with Crippen molar-refractivity contribution in [3.05, 3.63) is 28.9 Å². The Labute approximate surface area is 131 Å². The minimum atomic E-state index is -3.72. The van der Waals surface area contributed by atoms with Gasteiger partial charge in [0, 0.05) is 6.07 Å². The molecular formula is C12H13ClN2O4S2. The van der Waals surface area contributed by atoms with E-state index in [1.807, 2.05) is 6.92 Å². The number of thiazole rings is 1. The molecule has 0 aliphatic carbocycles. The molecule has 1 N–H and O–H groups in total. The second-order valence-electron chi connectivity index (χ2n) is 3.84. The summed E-state index contributed by atoms with van der Waals surface area (Å²) in [5.41, 5.74) is 0.365. The van der Waals surface area contributed by atoms with Crippen LogP contribution in [-0.2, 0) is 10.0 Å². The standard InChI is InChI=1S/C12H13ClN2O4S2/c1-3-19-10-6-8(4-5-9(10)18-2)15-21(16,17)11-7-14-12(13)20-11/h4-7,15H,3H2,1-2H3. The smallest absolute Gasteiger partial charge is 0.273 e. The van der Waals surface area contributed by atoms with Gasteiger partial charge in [-0.3, -0.25) is 4.72 Å². The monoisotopic (exact) mass is 348 g/mol. The average molecular weight is 349 g/mol. The van der Waals surface area contributed by atoms with E-state index in [-0.39, 0.29) is 8.68 Å². The molecule has 0 spiro atoms. The molecule has 0 bridgehead atoms. The van der Waals surface area contributed by atoms with E-state index in [2.05, 4.69) is 9.71 Å². The molecule has 0 radical (unpaired) electrons. The molecule has 0 saturated carbocycles. The Morgan fingerprint density at radius 1 is 1.38 bits per heavy atom. The van der Waals surface area contributed by atoms with Crippen molar-refractivity contribution < 1.29 is 17.9 Å². The van der Waals surface area contributed by atoms with Crippen molar-refractivity contribution >= 4 is 38.6 Å². The number of nitrogens with one attached hydrogen (secondary N) is 1. The van der Waals surface area contributed by atoms with Gasteiger partial charge in [0.25, 0.3) is 10.0 Å². The van der Waals surface area contributed by atoms with E-state index in [1.54, 1.807) is 18.2 Å². The highest BCUT2D eigenvalue weighted by Gasteiger charge is 2.18. The lowest BCUT2D eigenvalue weighted by molar-refractivity contribution is 0.311. The molecule has 0 fully saturated rings. The molecule has 0 amide bonds. The van der Waals surface area contributed by atoms with Gasteiger partial charge in [0.05, 0.1) is 25.6 Å². The van der Waals surface area contributed by atoms with E-state index in [1.165, 1.54) is 13.3 Å². The van der Waals surface area contributed by atoms with Crippen molar-refractivity contribution in [3.63, 3.8) is 0 Å². The molecule has 21 heavy (non-hydrogen) atoms. The molecule has 114 valence electrons. The predicted molar refractivity (Wildman–Crippen MR) is 82.1 cm³/mol. The Balaban J connectivity index is 2.29. The first-order chi connectivity index (χ1) is 9.96. The maximum Gasteiger partial charge on any atom is 0.273 e. The summed E-state index contributed by atoms with van der Waals surface area (Å²) >= 11 is 6.54. The van der Waals surface area contributed by atoms with Crippen LogP contribution in [-0.4, -0.2) is 27.1 Å². The summed E-state index contributed by atoms with van der Waals surface area (Å²) in [5.74, 6) is 0.989. The summed E-state index contributed by atoms with van der Waals surface area (Å²) in [6.45, 7) is 2.27. The van der Waals surface area contributed by atoms with Gasteiger partial charge in [-0.1, -0.05) is 22.9 Å². The van der Waals surface area contributed by atoms with E-state index < -0.39 is 10.0 Å². The van der Waals surface area contributed by atoms with Crippen LogP contribution in [0.3, 0.4) is 0 Å². The number of rotatable bonds is 6. The SMILES string of the molecule is CCOc1cc(NS(=O)(=O)c2cnc(Cl)s2)ccc1OC. The highest BCUT2D eigenvalue weighted by Crippen LogP contribution is 2.32. The number of hydrogen-bond donors (Lipinski definition) is 1. The molecule has 0 unspecified atom stereocenters. The third kappa shape index (κ3) is 3.78. The number of sulfonamides is 1. The van der Waals surface area contributed by atoms with Gasteiger partial charge in [-0.2, -0.15) is 0 Å². The number of halogens is 1. The number of ether oxygens (including phenoxy) is 2. The molecule has 0 atom stereocenters. The fraction of sp³-hybridized carbons (Fsp3) is 0.250. The van der Waals surface area contributed by atoms with Crippen LogP contribution in [0.5, 0.6) is 11.5 Å². The van der Waals surface area contributed by atoms with Gasteiger partial charge >= 0.3 is 0 Å². The van der Waals surface area contributed by atoms with Crippen LogP contribution < -0.4 is 14.2 Å². The Bertz CT molecular complexity index is 731. The van der Waals surface area contributed by atoms with Crippen LogP contribution in [0.15, 0.2) is 28.6 Å².